The van der Waals surface area contributed by atoms with Gasteiger partial charge < -0.3 is 10.6 Å². The van der Waals surface area contributed by atoms with Gasteiger partial charge in [0.15, 0.2) is 0 Å². The highest BCUT2D eigenvalue weighted by atomic mass is 16.2. The lowest BCUT2D eigenvalue weighted by Crippen LogP contribution is -2.47. The summed E-state index contributed by atoms with van der Waals surface area (Å²) in [5, 5.41) is 5.71. The van der Waals surface area contributed by atoms with E-state index in [2.05, 4.69) is 10.6 Å². The Morgan fingerprint density at radius 1 is 1.36 bits per heavy atom. The molecule has 0 aromatic heterocycles. The predicted octanol–water partition coefficient (Wildman–Crippen LogP) is 2.07. The van der Waals surface area contributed by atoms with Gasteiger partial charge in [-0.1, -0.05) is 37.6 Å². The van der Waals surface area contributed by atoms with Gasteiger partial charge in [0.2, 0.25) is 5.91 Å². The molecule has 0 unspecified atom stereocenters. The molecule has 4 amide bonds. The largest absolute Gasteiger partial charge is 0.352 e. The number of carbonyl (C=O) groups is 3. The van der Waals surface area contributed by atoms with Crippen molar-refractivity contribution < 1.29 is 14.4 Å². The first-order chi connectivity index (χ1) is 12.0. The lowest BCUT2D eigenvalue weighted by molar-refractivity contribution is -0.135. The van der Waals surface area contributed by atoms with E-state index in [0.29, 0.717) is 6.42 Å². The molecule has 134 valence electrons. The summed E-state index contributed by atoms with van der Waals surface area (Å²) >= 11 is 0. The van der Waals surface area contributed by atoms with E-state index in [9.17, 15) is 14.4 Å². The van der Waals surface area contributed by atoms with Gasteiger partial charge in [0.25, 0.3) is 5.91 Å². The van der Waals surface area contributed by atoms with Gasteiger partial charge in [-0.05, 0) is 43.7 Å². The van der Waals surface area contributed by atoms with Crippen LogP contribution in [0.2, 0.25) is 0 Å². The Bertz CT molecular complexity index is 703. The van der Waals surface area contributed by atoms with Crippen LogP contribution < -0.4 is 10.6 Å². The first-order valence-electron chi connectivity index (χ1n) is 9.00. The number of hydrogen-bond donors (Lipinski definition) is 2. The molecular formula is C19H25N3O3. The van der Waals surface area contributed by atoms with E-state index >= 15 is 0 Å². The van der Waals surface area contributed by atoms with Crippen LogP contribution >= 0.6 is 0 Å². The van der Waals surface area contributed by atoms with Crippen molar-refractivity contribution in [2.24, 2.45) is 0 Å². The summed E-state index contributed by atoms with van der Waals surface area (Å²) in [5.41, 5.74) is 0.938. The normalized spacial score (nSPS) is 23.4. The monoisotopic (exact) mass is 343 g/mol. The fraction of sp³-hybridized carbons (Fsp3) is 0.526. The molecule has 1 fully saturated rings. The number of fused-ring (bicyclic) bond motifs is 2. The lowest BCUT2D eigenvalue weighted by atomic mass is 9.76. The molecule has 1 aromatic rings. The van der Waals surface area contributed by atoms with Gasteiger partial charge >= 0.3 is 6.03 Å². The van der Waals surface area contributed by atoms with Crippen LogP contribution in [0.3, 0.4) is 0 Å². The zero-order valence-electron chi connectivity index (χ0n) is 14.8. The van der Waals surface area contributed by atoms with Crippen LogP contribution in [0.1, 0.15) is 50.7 Å². The molecule has 1 saturated heterocycles. The van der Waals surface area contributed by atoms with Crippen molar-refractivity contribution in [1.29, 1.82) is 0 Å². The first-order valence-corrected chi connectivity index (χ1v) is 9.00. The fourth-order valence-corrected chi connectivity index (χ4v) is 3.92. The van der Waals surface area contributed by atoms with E-state index in [0.717, 1.165) is 41.7 Å². The number of nitrogens with one attached hydrogen (secondary N) is 2. The molecule has 2 aliphatic rings. The molecule has 6 heteroatoms. The van der Waals surface area contributed by atoms with Crippen LogP contribution in [-0.4, -0.2) is 35.3 Å². The molecule has 2 N–H and O–H groups in total. The Morgan fingerprint density at radius 2 is 2.12 bits per heavy atom. The second kappa shape index (κ2) is 6.86. The molecule has 6 nitrogen and oxygen atoms in total. The quantitative estimate of drug-likeness (QED) is 0.804. The molecule has 1 aromatic carbocycles. The predicted molar refractivity (Wildman–Crippen MR) is 93.8 cm³/mol. The minimum Gasteiger partial charge on any atom is -0.352 e. The molecule has 0 bridgehead atoms. The van der Waals surface area contributed by atoms with Gasteiger partial charge in [-0.2, -0.15) is 0 Å². The van der Waals surface area contributed by atoms with Crippen LogP contribution in [0.25, 0.3) is 0 Å². The highest BCUT2D eigenvalue weighted by Crippen LogP contribution is 2.39. The van der Waals surface area contributed by atoms with Crippen LogP contribution in [0.5, 0.6) is 0 Å². The molecule has 1 aliphatic carbocycles. The zero-order valence-corrected chi connectivity index (χ0v) is 14.8. The van der Waals surface area contributed by atoms with E-state index in [-0.39, 0.29) is 24.4 Å². The van der Waals surface area contributed by atoms with Crippen LogP contribution in [0, 0.1) is 0 Å². The Morgan fingerprint density at radius 3 is 2.88 bits per heavy atom. The molecule has 1 spiro atoms. The van der Waals surface area contributed by atoms with Crippen molar-refractivity contribution in [3.05, 3.63) is 35.4 Å². The third kappa shape index (κ3) is 3.13. The van der Waals surface area contributed by atoms with E-state index in [4.69, 9.17) is 0 Å². The summed E-state index contributed by atoms with van der Waals surface area (Å²) in [7, 11) is 0. The summed E-state index contributed by atoms with van der Waals surface area (Å²) in [6.07, 6.45) is 4.12. The number of imide groups is 1. The zero-order chi connectivity index (χ0) is 18.0. The highest BCUT2D eigenvalue weighted by molar-refractivity contribution is 6.09. The van der Waals surface area contributed by atoms with Crippen molar-refractivity contribution in [3.8, 4) is 0 Å². The Hall–Kier alpha value is -2.37. The number of rotatable bonds is 5. The Labute approximate surface area is 148 Å². The minimum absolute atomic E-state index is 0.0302. The van der Waals surface area contributed by atoms with Gasteiger partial charge in [0.05, 0.1) is 0 Å². The van der Waals surface area contributed by atoms with Gasteiger partial charge in [-0.15, -0.1) is 0 Å². The number of nitrogens with zero attached hydrogens (tertiary/aromatic N) is 1. The van der Waals surface area contributed by atoms with Gasteiger partial charge in [0.1, 0.15) is 12.1 Å². The molecule has 0 saturated carbocycles. The summed E-state index contributed by atoms with van der Waals surface area (Å²) < 4.78 is 0. The second-order valence-corrected chi connectivity index (χ2v) is 6.99. The maximum Gasteiger partial charge on any atom is 0.325 e. The first kappa shape index (κ1) is 17.5. The van der Waals surface area contributed by atoms with Crippen molar-refractivity contribution in [2.45, 2.75) is 57.5 Å². The maximum atomic E-state index is 13.1. The average Bonchev–Trinajstić information content (AvgIpc) is 2.80. The minimum atomic E-state index is -1.01. The van der Waals surface area contributed by atoms with Crippen molar-refractivity contribution >= 4 is 17.8 Å². The smallest absolute Gasteiger partial charge is 0.325 e. The van der Waals surface area contributed by atoms with Crippen LogP contribution in [0.15, 0.2) is 24.3 Å². The fourth-order valence-electron chi connectivity index (χ4n) is 3.92. The molecule has 3 rings (SSSR count). The van der Waals surface area contributed by atoms with Crippen LogP contribution in [0.4, 0.5) is 4.79 Å². The SMILES string of the molecule is CCC[C@@H](C)NC(=O)CN1C(=O)N[C@]2(CCCc3ccccc32)C1=O. The lowest BCUT2D eigenvalue weighted by Gasteiger charge is -2.33. The standard InChI is InChI=1S/C19H25N3O3/c1-3-7-13(2)20-16(23)12-22-17(24)19(21-18(22)25)11-6-9-14-8-4-5-10-15(14)19/h4-5,8,10,13H,3,6-7,9,11-12H2,1-2H3,(H,20,23)(H,21,25)/t13-,19+/m1/s1. The Kier molecular flexibility index (Phi) is 4.79. The molecule has 1 aliphatic heterocycles. The molecule has 2 atom stereocenters. The van der Waals surface area contributed by atoms with E-state index in [1.165, 1.54) is 0 Å². The summed E-state index contributed by atoms with van der Waals surface area (Å²) in [4.78, 5) is 38.8. The van der Waals surface area contributed by atoms with Crippen LogP contribution in [-0.2, 0) is 21.5 Å². The highest BCUT2D eigenvalue weighted by Gasteiger charge is 2.54. The van der Waals surface area contributed by atoms with Gasteiger partial charge in [-0.3, -0.25) is 14.5 Å². The topological polar surface area (TPSA) is 78.5 Å². The van der Waals surface area contributed by atoms with E-state index < -0.39 is 11.6 Å². The van der Waals surface area contributed by atoms with Gasteiger partial charge in [0, 0.05) is 6.04 Å². The number of urea groups is 1. The van der Waals surface area contributed by atoms with Crippen molar-refractivity contribution in [2.75, 3.05) is 6.54 Å². The van der Waals surface area contributed by atoms with E-state index in [1.807, 2.05) is 38.1 Å². The maximum absolute atomic E-state index is 13.1. The van der Waals surface area contributed by atoms with E-state index in [1.54, 1.807) is 0 Å². The number of benzene rings is 1. The Balaban J connectivity index is 1.79. The van der Waals surface area contributed by atoms with Crippen molar-refractivity contribution in [3.63, 3.8) is 0 Å². The summed E-state index contributed by atoms with van der Waals surface area (Å²) in [5.74, 6) is -0.617. The molecule has 0 radical (unpaired) electrons. The average molecular weight is 343 g/mol. The van der Waals surface area contributed by atoms with Crippen molar-refractivity contribution in [1.82, 2.24) is 15.5 Å². The summed E-state index contributed by atoms with van der Waals surface area (Å²) in [6, 6.07) is 7.27. The summed E-state index contributed by atoms with van der Waals surface area (Å²) in [6.45, 7) is 3.74. The molecule has 1 heterocycles. The molecule has 25 heavy (non-hydrogen) atoms. The second-order valence-electron chi connectivity index (χ2n) is 6.99. The number of hydrogen-bond acceptors (Lipinski definition) is 3. The number of aryl methyl sites for hydroxylation is 1. The van der Waals surface area contributed by atoms with Gasteiger partial charge in [-0.25, -0.2) is 4.79 Å². The number of carbonyl (C=O) groups excluding carboxylic acids is 3. The third-order valence-electron chi connectivity index (χ3n) is 5.08. The molecular weight excluding hydrogens is 318 g/mol. The third-order valence-corrected chi connectivity index (χ3v) is 5.08. The number of amides is 4.